The van der Waals surface area contributed by atoms with Crippen LogP contribution >= 0.6 is 0 Å². The molecule has 5 nitrogen and oxygen atoms in total. The van der Waals surface area contributed by atoms with Crippen molar-refractivity contribution in [3.8, 4) is 0 Å². The maximum Gasteiger partial charge on any atom is 0.147 e. The van der Waals surface area contributed by atoms with Crippen molar-refractivity contribution in [3.63, 3.8) is 0 Å². The van der Waals surface area contributed by atoms with Gasteiger partial charge in [0.05, 0.1) is 11.4 Å². The molecule has 1 aromatic rings. The number of hydrogen-bond acceptors (Lipinski definition) is 5. The smallest absolute Gasteiger partial charge is 0.147 e. The van der Waals surface area contributed by atoms with Crippen LogP contribution in [0, 0.1) is 6.92 Å². The van der Waals surface area contributed by atoms with Gasteiger partial charge in [-0.3, -0.25) is 0 Å². The molecule has 108 valence electrons. The van der Waals surface area contributed by atoms with Crippen molar-refractivity contribution >= 4 is 9.84 Å². The molecule has 6 heteroatoms. The van der Waals surface area contributed by atoms with E-state index in [-0.39, 0.29) is 11.8 Å². The van der Waals surface area contributed by atoms with Gasteiger partial charge in [-0.2, -0.15) is 10.2 Å². The lowest BCUT2D eigenvalue weighted by atomic mass is 9.99. The first-order valence-electron chi connectivity index (χ1n) is 6.55. The fourth-order valence-corrected chi connectivity index (χ4v) is 2.81. The van der Waals surface area contributed by atoms with Gasteiger partial charge in [-0.25, -0.2) is 8.42 Å². The van der Waals surface area contributed by atoms with Crippen LogP contribution in [0.2, 0.25) is 0 Å². The number of sulfone groups is 1. The summed E-state index contributed by atoms with van der Waals surface area (Å²) >= 11 is 0. The standard InChI is InChI=1S/C13H23N3O2S/c1-5-12-11(9-10(2)15-16-12)13(14-3)7-6-8-19(4,17)18/h9,13-14H,5-8H2,1-4H3. The highest BCUT2D eigenvalue weighted by atomic mass is 32.2. The number of aryl methyl sites for hydroxylation is 2. The third-order valence-electron chi connectivity index (χ3n) is 3.09. The second-order valence-corrected chi connectivity index (χ2v) is 7.11. The molecule has 0 aromatic carbocycles. The highest BCUT2D eigenvalue weighted by Crippen LogP contribution is 2.22. The minimum Gasteiger partial charge on any atom is -0.313 e. The summed E-state index contributed by atoms with van der Waals surface area (Å²) in [5, 5.41) is 11.5. The third kappa shape index (κ3) is 5.24. The largest absolute Gasteiger partial charge is 0.313 e. The van der Waals surface area contributed by atoms with Gasteiger partial charge < -0.3 is 5.32 Å². The van der Waals surface area contributed by atoms with Gasteiger partial charge in [0.15, 0.2) is 0 Å². The summed E-state index contributed by atoms with van der Waals surface area (Å²) in [6.07, 6.45) is 3.53. The first-order valence-corrected chi connectivity index (χ1v) is 8.61. The first-order chi connectivity index (χ1) is 8.87. The second-order valence-electron chi connectivity index (χ2n) is 4.85. The summed E-state index contributed by atoms with van der Waals surface area (Å²) in [4.78, 5) is 0. The average Bonchev–Trinajstić information content (AvgIpc) is 2.33. The van der Waals surface area contributed by atoms with E-state index < -0.39 is 9.84 Å². The zero-order valence-corrected chi connectivity index (χ0v) is 12.9. The minimum absolute atomic E-state index is 0.130. The topological polar surface area (TPSA) is 72.0 Å². The van der Waals surface area contributed by atoms with Gasteiger partial charge in [0.25, 0.3) is 0 Å². The second kappa shape index (κ2) is 6.96. The van der Waals surface area contributed by atoms with E-state index in [2.05, 4.69) is 15.5 Å². The molecule has 1 atom stereocenters. The van der Waals surface area contributed by atoms with Gasteiger partial charge in [-0.15, -0.1) is 0 Å². The Hall–Kier alpha value is -1.01. The van der Waals surface area contributed by atoms with E-state index in [1.54, 1.807) is 0 Å². The Labute approximate surface area is 115 Å². The SMILES string of the molecule is CCc1nnc(C)cc1C(CCCS(C)(=O)=O)NC. The predicted octanol–water partition coefficient (Wildman–Crippen LogP) is 1.43. The van der Waals surface area contributed by atoms with Crippen molar-refractivity contribution in [2.75, 3.05) is 19.1 Å². The highest BCUT2D eigenvalue weighted by Gasteiger charge is 2.15. The molecule has 19 heavy (non-hydrogen) atoms. The molecule has 0 spiro atoms. The number of aromatic nitrogens is 2. The van der Waals surface area contributed by atoms with Crippen molar-refractivity contribution in [2.45, 2.75) is 39.2 Å². The molecule has 0 amide bonds. The molecule has 1 rings (SSSR count). The molecule has 1 heterocycles. The van der Waals surface area contributed by atoms with Gasteiger partial charge in [-0.1, -0.05) is 6.92 Å². The summed E-state index contributed by atoms with van der Waals surface area (Å²) in [7, 11) is -1.00. The number of nitrogens with zero attached hydrogens (tertiary/aromatic N) is 2. The van der Waals surface area contributed by atoms with Gasteiger partial charge in [0.2, 0.25) is 0 Å². The van der Waals surface area contributed by atoms with Crippen LogP contribution in [-0.2, 0) is 16.3 Å². The lowest BCUT2D eigenvalue weighted by molar-refractivity contribution is 0.528. The van der Waals surface area contributed by atoms with Crippen LogP contribution in [0.5, 0.6) is 0 Å². The van der Waals surface area contributed by atoms with Gasteiger partial charge in [0.1, 0.15) is 9.84 Å². The Bertz CT molecular complexity index is 515. The summed E-state index contributed by atoms with van der Waals surface area (Å²) in [5.41, 5.74) is 2.99. The van der Waals surface area contributed by atoms with Gasteiger partial charge >= 0.3 is 0 Å². The minimum atomic E-state index is -2.89. The molecule has 1 N–H and O–H groups in total. The summed E-state index contributed by atoms with van der Waals surface area (Å²) in [6.45, 7) is 3.96. The van der Waals surface area contributed by atoms with Crippen LogP contribution < -0.4 is 5.32 Å². The average molecular weight is 285 g/mol. The van der Waals surface area contributed by atoms with Gasteiger partial charge in [0, 0.05) is 18.1 Å². The van der Waals surface area contributed by atoms with E-state index >= 15 is 0 Å². The molecular formula is C13H23N3O2S. The molecule has 1 unspecified atom stereocenters. The molecule has 1 aromatic heterocycles. The van der Waals surface area contributed by atoms with Crippen LogP contribution in [0.1, 0.15) is 42.8 Å². The van der Waals surface area contributed by atoms with Crippen molar-refractivity contribution < 1.29 is 8.42 Å². The van der Waals surface area contributed by atoms with E-state index in [9.17, 15) is 8.42 Å². The Balaban J connectivity index is 2.82. The molecule has 0 bridgehead atoms. The molecule has 0 saturated heterocycles. The number of nitrogens with one attached hydrogen (secondary N) is 1. The summed E-state index contributed by atoms with van der Waals surface area (Å²) in [5.74, 6) is 0.226. The molecule has 0 saturated carbocycles. The van der Waals surface area contributed by atoms with Gasteiger partial charge in [-0.05, 0) is 44.9 Å². The fourth-order valence-electron chi connectivity index (χ4n) is 2.12. The van der Waals surface area contributed by atoms with Crippen LogP contribution in [-0.4, -0.2) is 37.7 Å². The van der Waals surface area contributed by atoms with E-state index in [0.717, 1.165) is 29.8 Å². The van der Waals surface area contributed by atoms with Crippen molar-refractivity contribution in [1.82, 2.24) is 15.5 Å². The molecule has 0 aliphatic carbocycles. The van der Waals surface area contributed by atoms with Crippen molar-refractivity contribution in [2.24, 2.45) is 0 Å². The van der Waals surface area contributed by atoms with Crippen molar-refractivity contribution in [1.29, 1.82) is 0 Å². The number of rotatable bonds is 7. The molecule has 0 aliphatic heterocycles. The Kier molecular flexibility index (Phi) is 5.87. The normalized spacial score (nSPS) is 13.5. The first kappa shape index (κ1) is 16.0. The van der Waals surface area contributed by atoms with Crippen LogP contribution in [0.25, 0.3) is 0 Å². The van der Waals surface area contributed by atoms with Crippen LogP contribution in [0.3, 0.4) is 0 Å². The lowest BCUT2D eigenvalue weighted by Gasteiger charge is -2.19. The fraction of sp³-hybridized carbons (Fsp3) is 0.692. The lowest BCUT2D eigenvalue weighted by Crippen LogP contribution is -2.20. The molecule has 0 fully saturated rings. The Morgan fingerprint density at radius 1 is 1.37 bits per heavy atom. The van der Waals surface area contributed by atoms with Crippen LogP contribution in [0.4, 0.5) is 0 Å². The van der Waals surface area contributed by atoms with E-state index in [0.29, 0.717) is 6.42 Å². The number of hydrogen-bond donors (Lipinski definition) is 1. The molecular weight excluding hydrogens is 262 g/mol. The maximum absolute atomic E-state index is 11.2. The monoisotopic (exact) mass is 285 g/mol. The Morgan fingerprint density at radius 3 is 2.58 bits per heavy atom. The van der Waals surface area contributed by atoms with E-state index in [1.165, 1.54) is 6.26 Å². The zero-order chi connectivity index (χ0) is 14.5. The maximum atomic E-state index is 11.2. The summed E-state index contributed by atoms with van der Waals surface area (Å²) < 4.78 is 22.3. The summed E-state index contributed by atoms with van der Waals surface area (Å²) in [6, 6.07) is 2.17. The zero-order valence-electron chi connectivity index (χ0n) is 12.1. The quantitative estimate of drug-likeness (QED) is 0.820. The van der Waals surface area contributed by atoms with Crippen molar-refractivity contribution in [3.05, 3.63) is 23.0 Å². The van der Waals surface area contributed by atoms with E-state index in [1.807, 2.05) is 27.0 Å². The highest BCUT2D eigenvalue weighted by molar-refractivity contribution is 7.90. The molecule has 0 radical (unpaired) electrons. The van der Waals surface area contributed by atoms with E-state index in [4.69, 9.17) is 0 Å². The Morgan fingerprint density at radius 2 is 2.05 bits per heavy atom. The predicted molar refractivity (Wildman–Crippen MR) is 76.9 cm³/mol. The third-order valence-corrected chi connectivity index (χ3v) is 4.12. The molecule has 0 aliphatic rings. The van der Waals surface area contributed by atoms with Crippen LogP contribution in [0.15, 0.2) is 6.07 Å².